The Balaban J connectivity index is 1.82. The van der Waals surface area contributed by atoms with Gasteiger partial charge >= 0.3 is 6.18 Å². The molecule has 0 saturated carbocycles. The molecule has 0 radical (unpaired) electrons. The third kappa shape index (κ3) is 3.62. The SMILES string of the molecule is O=S(=O)(c1ccccc1C(F)(F)F)N1CCN(c2ccncc2)CC1. The van der Waals surface area contributed by atoms with E-state index in [1.54, 1.807) is 12.4 Å². The van der Waals surface area contributed by atoms with Gasteiger partial charge in [0.15, 0.2) is 0 Å². The minimum absolute atomic E-state index is 0.122. The second-order valence-corrected chi connectivity index (χ2v) is 7.50. The van der Waals surface area contributed by atoms with Crippen molar-refractivity contribution in [1.29, 1.82) is 0 Å². The molecule has 0 spiro atoms. The van der Waals surface area contributed by atoms with Gasteiger partial charge in [-0.15, -0.1) is 0 Å². The molecule has 134 valence electrons. The van der Waals surface area contributed by atoms with Crippen molar-refractivity contribution in [3.8, 4) is 0 Å². The minimum atomic E-state index is -4.72. The normalized spacial score (nSPS) is 16.8. The summed E-state index contributed by atoms with van der Waals surface area (Å²) in [6.45, 7) is 1.04. The van der Waals surface area contributed by atoms with Crippen molar-refractivity contribution >= 4 is 15.7 Å². The lowest BCUT2D eigenvalue weighted by Crippen LogP contribution is -2.49. The van der Waals surface area contributed by atoms with E-state index in [0.29, 0.717) is 13.1 Å². The second kappa shape index (κ2) is 6.64. The lowest BCUT2D eigenvalue weighted by molar-refractivity contribution is -0.139. The van der Waals surface area contributed by atoms with E-state index >= 15 is 0 Å². The predicted octanol–water partition coefficient (Wildman–Crippen LogP) is 2.61. The summed E-state index contributed by atoms with van der Waals surface area (Å²) >= 11 is 0. The fourth-order valence-electron chi connectivity index (χ4n) is 2.81. The number of hydrogen-bond donors (Lipinski definition) is 0. The molecule has 9 heteroatoms. The zero-order chi connectivity index (χ0) is 18.1. The van der Waals surface area contributed by atoms with E-state index in [4.69, 9.17) is 0 Å². The first kappa shape index (κ1) is 17.7. The standard InChI is InChI=1S/C16H16F3N3O2S/c17-16(18,19)14-3-1-2-4-15(14)25(23,24)22-11-9-21(10-12-22)13-5-7-20-8-6-13/h1-8H,9-12H2. The lowest BCUT2D eigenvalue weighted by Gasteiger charge is -2.35. The summed E-state index contributed by atoms with van der Waals surface area (Å²) in [5.74, 6) is 0. The van der Waals surface area contributed by atoms with Gasteiger partial charge in [-0.3, -0.25) is 4.98 Å². The number of benzene rings is 1. The van der Waals surface area contributed by atoms with Crippen molar-refractivity contribution in [2.24, 2.45) is 0 Å². The number of halogens is 3. The Morgan fingerprint density at radius 2 is 1.52 bits per heavy atom. The van der Waals surface area contributed by atoms with Crippen molar-refractivity contribution in [1.82, 2.24) is 9.29 Å². The highest BCUT2D eigenvalue weighted by atomic mass is 32.2. The molecule has 0 atom stereocenters. The molecular weight excluding hydrogens is 355 g/mol. The Bertz CT molecular complexity index is 833. The smallest absolute Gasteiger partial charge is 0.369 e. The number of rotatable bonds is 3. The van der Waals surface area contributed by atoms with Crippen molar-refractivity contribution in [3.05, 3.63) is 54.4 Å². The van der Waals surface area contributed by atoms with Crippen LogP contribution in [0.1, 0.15) is 5.56 Å². The van der Waals surface area contributed by atoms with Crippen molar-refractivity contribution < 1.29 is 21.6 Å². The maximum atomic E-state index is 13.1. The quantitative estimate of drug-likeness (QED) is 0.832. The zero-order valence-corrected chi connectivity index (χ0v) is 14.0. The van der Waals surface area contributed by atoms with Crippen LogP contribution in [-0.2, 0) is 16.2 Å². The Morgan fingerprint density at radius 1 is 0.920 bits per heavy atom. The fraction of sp³-hybridized carbons (Fsp3) is 0.312. The van der Waals surface area contributed by atoms with Gasteiger partial charge in [-0.2, -0.15) is 17.5 Å². The van der Waals surface area contributed by atoms with Crippen LogP contribution in [0.25, 0.3) is 0 Å². The minimum Gasteiger partial charge on any atom is -0.369 e. The molecule has 1 aliphatic heterocycles. The van der Waals surface area contributed by atoms with Crippen LogP contribution in [-0.4, -0.2) is 43.9 Å². The van der Waals surface area contributed by atoms with Gasteiger partial charge in [0.25, 0.3) is 0 Å². The molecule has 1 aliphatic rings. The van der Waals surface area contributed by atoms with Gasteiger partial charge in [0.05, 0.1) is 10.5 Å². The molecule has 0 amide bonds. The summed E-state index contributed by atoms with van der Waals surface area (Å²) in [7, 11) is -4.21. The van der Waals surface area contributed by atoms with E-state index in [-0.39, 0.29) is 13.1 Å². The van der Waals surface area contributed by atoms with Crippen LogP contribution in [0.5, 0.6) is 0 Å². The molecule has 0 unspecified atom stereocenters. The maximum Gasteiger partial charge on any atom is 0.417 e. The molecule has 2 aromatic rings. The molecule has 3 rings (SSSR count). The lowest BCUT2D eigenvalue weighted by atomic mass is 10.2. The summed E-state index contributed by atoms with van der Waals surface area (Å²) in [5.41, 5.74) is -0.227. The van der Waals surface area contributed by atoms with Crippen molar-refractivity contribution in [2.75, 3.05) is 31.1 Å². The number of nitrogens with zero attached hydrogens (tertiary/aromatic N) is 3. The third-order valence-electron chi connectivity index (χ3n) is 4.08. The first-order valence-corrected chi connectivity index (χ1v) is 9.05. The molecule has 25 heavy (non-hydrogen) atoms. The van der Waals surface area contributed by atoms with Crippen LogP contribution in [0.15, 0.2) is 53.7 Å². The van der Waals surface area contributed by atoms with Crippen LogP contribution >= 0.6 is 0 Å². The number of alkyl halides is 3. The molecule has 0 aliphatic carbocycles. The summed E-state index contributed by atoms with van der Waals surface area (Å²) < 4.78 is 65.9. The highest BCUT2D eigenvalue weighted by Gasteiger charge is 2.39. The van der Waals surface area contributed by atoms with E-state index in [9.17, 15) is 21.6 Å². The number of hydrogen-bond acceptors (Lipinski definition) is 4. The Hall–Kier alpha value is -2.13. The van der Waals surface area contributed by atoms with Crippen molar-refractivity contribution in [3.63, 3.8) is 0 Å². The van der Waals surface area contributed by atoms with Crippen LogP contribution < -0.4 is 4.90 Å². The van der Waals surface area contributed by atoms with Gasteiger partial charge in [0.1, 0.15) is 0 Å². The first-order chi connectivity index (χ1) is 11.8. The molecular formula is C16H16F3N3O2S. The van der Waals surface area contributed by atoms with Gasteiger partial charge in [-0.25, -0.2) is 8.42 Å². The van der Waals surface area contributed by atoms with Gasteiger partial charge < -0.3 is 4.90 Å². The van der Waals surface area contributed by atoms with Gasteiger partial charge in [-0.1, -0.05) is 12.1 Å². The fourth-order valence-corrected chi connectivity index (χ4v) is 4.44. The number of anilines is 1. The van der Waals surface area contributed by atoms with Gasteiger partial charge in [0.2, 0.25) is 10.0 Å². The highest BCUT2D eigenvalue weighted by molar-refractivity contribution is 7.89. The Labute approximate surface area is 143 Å². The van der Waals surface area contributed by atoms with Gasteiger partial charge in [-0.05, 0) is 24.3 Å². The Morgan fingerprint density at radius 3 is 2.12 bits per heavy atom. The molecule has 1 aromatic carbocycles. The van der Waals surface area contributed by atoms with E-state index in [2.05, 4.69) is 4.98 Å². The van der Waals surface area contributed by atoms with Crippen LogP contribution in [0.2, 0.25) is 0 Å². The molecule has 2 heterocycles. The average molecular weight is 371 g/mol. The van der Waals surface area contributed by atoms with E-state index in [1.807, 2.05) is 17.0 Å². The largest absolute Gasteiger partial charge is 0.417 e. The molecule has 0 N–H and O–H groups in total. The van der Waals surface area contributed by atoms with Gasteiger partial charge in [0, 0.05) is 44.3 Å². The van der Waals surface area contributed by atoms with Crippen LogP contribution in [0.3, 0.4) is 0 Å². The van der Waals surface area contributed by atoms with E-state index < -0.39 is 26.7 Å². The van der Waals surface area contributed by atoms with E-state index in [0.717, 1.165) is 22.1 Å². The number of aromatic nitrogens is 1. The molecule has 5 nitrogen and oxygen atoms in total. The molecule has 1 saturated heterocycles. The highest BCUT2D eigenvalue weighted by Crippen LogP contribution is 2.35. The Kier molecular flexibility index (Phi) is 4.70. The zero-order valence-electron chi connectivity index (χ0n) is 13.1. The summed E-state index contributed by atoms with van der Waals surface area (Å²) in [6, 6.07) is 7.90. The number of pyridine rings is 1. The monoisotopic (exact) mass is 371 g/mol. The number of piperazine rings is 1. The molecule has 0 bridgehead atoms. The van der Waals surface area contributed by atoms with E-state index in [1.165, 1.54) is 12.1 Å². The molecule has 1 fully saturated rings. The topological polar surface area (TPSA) is 53.5 Å². The summed E-state index contributed by atoms with van der Waals surface area (Å²) in [4.78, 5) is 5.21. The van der Waals surface area contributed by atoms with Crippen molar-refractivity contribution in [2.45, 2.75) is 11.1 Å². The van der Waals surface area contributed by atoms with Crippen LogP contribution in [0.4, 0.5) is 18.9 Å². The average Bonchev–Trinajstić information content (AvgIpc) is 2.62. The predicted molar refractivity (Wildman–Crippen MR) is 86.7 cm³/mol. The summed E-state index contributed by atoms with van der Waals surface area (Å²) in [5, 5.41) is 0. The third-order valence-corrected chi connectivity index (χ3v) is 6.03. The van der Waals surface area contributed by atoms with Crippen LogP contribution in [0, 0.1) is 0 Å². The maximum absolute atomic E-state index is 13.1. The molecule has 1 aromatic heterocycles. The summed E-state index contributed by atoms with van der Waals surface area (Å²) in [6.07, 6.45) is -1.45. The number of sulfonamides is 1. The second-order valence-electron chi connectivity index (χ2n) is 5.59. The first-order valence-electron chi connectivity index (χ1n) is 7.61.